The number of hydrogen-bond donors (Lipinski definition) is 3. The van der Waals surface area contributed by atoms with E-state index >= 15 is 0 Å². The van der Waals surface area contributed by atoms with E-state index < -0.39 is 6.04 Å². The van der Waals surface area contributed by atoms with Gasteiger partial charge in [0.05, 0.1) is 17.8 Å². The first-order valence-corrected chi connectivity index (χ1v) is 7.18. The van der Waals surface area contributed by atoms with Crippen molar-refractivity contribution in [2.24, 2.45) is 0 Å². The summed E-state index contributed by atoms with van der Waals surface area (Å²) in [6.45, 7) is 0. The van der Waals surface area contributed by atoms with Crippen molar-refractivity contribution >= 4 is 23.2 Å². The maximum Gasteiger partial charge on any atom is 0.247 e. The Morgan fingerprint density at radius 3 is 2.65 bits per heavy atom. The van der Waals surface area contributed by atoms with E-state index in [2.05, 4.69) is 16.0 Å². The molecule has 0 unspecified atom stereocenters. The van der Waals surface area contributed by atoms with E-state index in [4.69, 9.17) is 0 Å². The fourth-order valence-corrected chi connectivity index (χ4v) is 2.88. The van der Waals surface area contributed by atoms with Crippen LogP contribution in [0.1, 0.15) is 32.1 Å². The van der Waals surface area contributed by atoms with Gasteiger partial charge in [0.15, 0.2) is 0 Å². The summed E-state index contributed by atoms with van der Waals surface area (Å²) in [6.07, 6.45) is 4.65. The molecule has 5 nitrogen and oxygen atoms in total. The predicted octanol–water partition coefficient (Wildman–Crippen LogP) is 1.87. The molecule has 2 amide bonds. The topological polar surface area (TPSA) is 70.2 Å². The van der Waals surface area contributed by atoms with Crippen molar-refractivity contribution in [3.05, 3.63) is 24.3 Å². The molecule has 3 rings (SSSR count). The molecule has 0 bridgehead atoms. The monoisotopic (exact) mass is 273 g/mol. The summed E-state index contributed by atoms with van der Waals surface area (Å²) in [7, 11) is 0. The smallest absolute Gasteiger partial charge is 0.247 e. The van der Waals surface area contributed by atoms with Gasteiger partial charge >= 0.3 is 0 Å². The second kappa shape index (κ2) is 5.53. The van der Waals surface area contributed by atoms with Crippen LogP contribution in [0.3, 0.4) is 0 Å². The largest absolute Gasteiger partial charge is 0.372 e. The van der Waals surface area contributed by atoms with Crippen molar-refractivity contribution in [2.75, 3.05) is 10.6 Å². The van der Waals surface area contributed by atoms with Gasteiger partial charge in [-0.2, -0.15) is 0 Å². The number of anilines is 2. The summed E-state index contributed by atoms with van der Waals surface area (Å²) < 4.78 is 0. The number of nitrogens with one attached hydrogen (secondary N) is 3. The highest BCUT2D eigenvalue weighted by atomic mass is 16.2. The summed E-state index contributed by atoms with van der Waals surface area (Å²) in [5.74, 6) is -0.200. The standard InChI is InChI=1S/C15H19N3O2/c19-14(16-10-5-1-2-6-10)9-13-15(20)18-12-8-4-3-7-11(12)17-13/h3-4,7-8,10,13,17H,1-2,5-6,9H2,(H,16,19)(H,18,20)/t13-/m0/s1. The molecule has 0 radical (unpaired) electrons. The third-order valence-corrected chi connectivity index (χ3v) is 3.94. The first-order chi connectivity index (χ1) is 9.72. The SMILES string of the molecule is O=C(C[C@@H]1Nc2ccccc2NC1=O)NC1CCCC1. The molecule has 1 atom stereocenters. The average molecular weight is 273 g/mol. The summed E-state index contributed by atoms with van der Waals surface area (Å²) >= 11 is 0. The van der Waals surface area contributed by atoms with Crippen molar-refractivity contribution in [2.45, 2.75) is 44.2 Å². The number of hydrogen-bond acceptors (Lipinski definition) is 3. The lowest BCUT2D eigenvalue weighted by atomic mass is 10.1. The highest BCUT2D eigenvalue weighted by molar-refractivity contribution is 6.04. The summed E-state index contributed by atoms with van der Waals surface area (Å²) in [5, 5.41) is 8.97. The van der Waals surface area contributed by atoms with Crippen LogP contribution in [-0.4, -0.2) is 23.9 Å². The van der Waals surface area contributed by atoms with E-state index in [1.807, 2.05) is 24.3 Å². The Morgan fingerprint density at radius 1 is 1.20 bits per heavy atom. The third-order valence-electron chi connectivity index (χ3n) is 3.94. The molecule has 20 heavy (non-hydrogen) atoms. The third kappa shape index (κ3) is 2.76. The normalized spacial score (nSPS) is 21.8. The van der Waals surface area contributed by atoms with Crippen LogP contribution in [0.2, 0.25) is 0 Å². The maximum atomic E-state index is 12.0. The van der Waals surface area contributed by atoms with Crippen LogP contribution < -0.4 is 16.0 Å². The van der Waals surface area contributed by atoms with Gasteiger partial charge in [0.2, 0.25) is 11.8 Å². The lowest BCUT2D eigenvalue weighted by Gasteiger charge is -2.26. The zero-order valence-electron chi connectivity index (χ0n) is 11.3. The Kier molecular flexibility index (Phi) is 3.58. The number of rotatable bonds is 3. The Balaban J connectivity index is 1.60. The molecule has 0 aromatic heterocycles. The number of fused-ring (bicyclic) bond motifs is 1. The molecular formula is C15H19N3O2. The second-order valence-corrected chi connectivity index (χ2v) is 5.48. The highest BCUT2D eigenvalue weighted by Crippen LogP contribution is 2.26. The zero-order valence-corrected chi connectivity index (χ0v) is 11.3. The van der Waals surface area contributed by atoms with Crippen LogP contribution in [0, 0.1) is 0 Å². The lowest BCUT2D eigenvalue weighted by molar-refractivity contribution is -0.125. The van der Waals surface area contributed by atoms with Gasteiger partial charge in [0.1, 0.15) is 6.04 Å². The van der Waals surface area contributed by atoms with Crippen LogP contribution >= 0.6 is 0 Å². The van der Waals surface area contributed by atoms with Crippen LogP contribution in [0.5, 0.6) is 0 Å². The Bertz CT molecular complexity index is 524. The number of para-hydroxylation sites is 2. The molecule has 1 aliphatic carbocycles. The van der Waals surface area contributed by atoms with Crippen molar-refractivity contribution in [1.29, 1.82) is 0 Å². The summed E-state index contributed by atoms with van der Waals surface area (Å²) in [5.41, 5.74) is 1.63. The first kappa shape index (κ1) is 13.0. The minimum atomic E-state index is -0.494. The molecule has 1 aromatic carbocycles. The average Bonchev–Trinajstić information content (AvgIpc) is 2.92. The van der Waals surface area contributed by atoms with Crippen molar-refractivity contribution in [1.82, 2.24) is 5.32 Å². The molecule has 1 aliphatic heterocycles. The van der Waals surface area contributed by atoms with Crippen LogP contribution in [-0.2, 0) is 9.59 Å². The van der Waals surface area contributed by atoms with E-state index in [0.29, 0.717) is 6.04 Å². The molecule has 1 saturated carbocycles. The maximum absolute atomic E-state index is 12.0. The van der Waals surface area contributed by atoms with Crippen molar-refractivity contribution < 1.29 is 9.59 Å². The molecule has 1 fully saturated rings. The van der Waals surface area contributed by atoms with Crippen molar-refractivity contribution in [3.8, 4) is 0 Å². The lowest BCUT2D eigenvalue weighted by Crippen LogP contribution is -2.44. The predicted molar refractivity (Wildman–Crippen MR) is 77.5 cm³/mol. The fraction of sp³-hybridized carbons (Fsp3) is 0.467. The molecule has 2 aliphatic rings. The van der Waals surface area contributed by atoms with E-state index in [-0.39, 0.29) is 18.2 Å². The molecule has 0 saturated heterocycles. The molecule has 1 aromatic rings. The van der Waals surface area contributed by atoms with Gasteiger partial charge in [-0.1, -0.05) is 25.0 Å². The number of carbonyl (C=O) groups is 2. The van der Waals surface area contributed by atoms with E-state index in [0.717, 1.165) is 24.2 Å². The fourth-order valence-electron chi connectivity index (χ4n) is 2.88. The van der Waals surface area contributed by atoms with Gasteiger partial charge in [0.25, 0.3) is 0 Å². The van der Waals surface area contributed by atoms with Gasteiger partial charge in [-0.15, -0.1) is 0 Å². The Labute approximate surface area is 118 Å². The zero-order chi connectivity index (χ0) is 13.9. The van der Waals surface area contributed by atoms with Crippen molar-refractivity contribution in [3.63, 3.8) is 0 Å². The quantitative estimate of drug-likeness (QED) is 0.787. The van der Waals surface area contributed by atoms with Crippen LogP contribution in [0.25, 0.3) is 0 Å². The van der Waals surface area contributed by atoms with Gasteiger partial charge in [-0.05, 0) is 25.0 Å². The van der Waals surface area contributed by atoms with Crippen LogP contribution in [0.4, 0.5) is 11.4 Å². The second-order valence-electron chi connectivity index (χ2n) is 5.48. The molecule has 1 heterocycles. The Morgan fingerprint density at radius 2 is 1.90 bits per heavy atom. The molecule has 5 heteroatoms. The van der Waals surface area contributed by atoms with Crippen LogP contribution in [0.15, 0.2) is 24.3 Å². The summed E-state index contributed by atoms with van der Waals surface area (Å²) in [4.78, 5) is 24.0. The molecule has 3 N–H and O–H groups in total. The molecule has 106 valence electrons. The number of amides is 2. The van der Waals surface area contributed by atoms with E-state index in [1.54, 1.807) is 0 Å². The Hall–Kier alpha value is -2.04. The first-order valence-electron chi connectivity index (χ1n) is 7.18. The van der Waals surface area contributed by atoms with E-state index in [9.17, 15) is 9.59 Å². The van der Waals surface area contributed by atoms with Gasteiger partial charge in [-0.25, -0.2) is 0 Å². The molecule has 0 spiro atoms. The highest BCUT2D eigenvalue weighted by Gasteiger charge is 2.28. The van der Waals surface area contributed by atoms with Gasteiger partial charge in [0, 0.05) is 6.04 Å². The van der Waals surface area contributed by atoms with Gasteiger partial charge in [-0.3, -0.25) is 9.59 Å². The summed E-state index contributed by atoms with van der Waals surface area (Å²) in [6, 6.07) is 7.31. The minimum absolute atomic E-state index is 0.0519. The number of carbonyl (C=O) groups excluding carboxylic acids is 2. The number of benzene rings is 1. The van der Waals surface area contributed by atoms with Gasteiger partial charge < -0.3 is 16.0 Å². The minimum Gasteiger partial charge on any atom is -0.372 e. The molecular weight excluding hydrogens is 254 g/mol. The van der Waals surface area contributed by atoms with E-state index in [1.165, 1.54) is 12.8 Å².